The molecule has 0 atom stereocenters. The van der Waals surface area contributed by atoms with Crippen molar-refractivity contribution in [2.45, 2.75) is 39.5 Å². The zero-order valence-electron chi connectivity index (χ0n) is 9.09. The Hall–Kier alpha value is 0.349. The minimum Gasteiger partial charge on any atom is -0.759 e. The number of rotatable bonds is 6. The van der Waals surface area contributed by atoms with E-state index in [2.05, 4.69) is 19.2 Å². The topological polar surface area (TPSA) is 92.3 Å². The predicted octanol–water partition coefficient (Wildman–Crippen LogP) is 0.836. The quantitative estimate of drug-likeness (QED) is 0.338. The molecule has 0 aliphatic rings. The largest absolute Gasteiger partial charge is 2.00 e. The molecule has 15 heavy (non-hydrogen) atoms. The van der Waals surface area contributed by atoms with Crippen molar-refractivity contribution in [3.05, 3.63) is 0 Å². The summed E-state index contributed by atoms with van der Waals surface area (Å²) in [5.74, 6) is 0. The molecule has 7 heteroatoms. The second kappa shape index (κ2) is 14.3. The number of nitrogens with one attached hydrogen (secondary N) is 1. The molecule has 0 fully saturated rings. The molecular weight excluding hydrogens is 270 g/mol. The van der Waals surface area contributed by atoms with Crippen LogP contribution in [0.4, 0.5) is 0 Å². The van der Waals surface area contributed by atoms with E-state index < -0.39 is 10.4 Å². The van der Waals surface area contributed by atoms with Gasteiger partial charge in [-0.25, -0.2) is 0 Å². The summed E-state index contributed by atoms with van der Waals surface area (Å²) < 4.78 is 34.1. The van der Waals surface area contributed by atoms with Crippen LogP contribution in [-0.2, 0) is 27.5 Å². The third-order valence-electron chi connectivity index (χ3n) is 1.41. The average molecular weight is 289 g/mol. The van der Waals surface area contributed by atoms with Gasteiger partial charge in [-0.15, -0.1) is 0 Å². The summed E-state index contributed by atoms with van der Waals surface area (Å²) in [4.78, 5) is 0. The van der Waals surface area contributed by atoms with E-state index in [4.69, 9.17) is 17.5 Å². The smallest absolute Gasteiger partial charge is 0.759 e. The van der Waals surface area contributed by atoms with Crippen LogP contribution in [0, 0.1) is 0 Å². The average Bonchev–Trinajstić information content (AvgIpc) is 2.01. The van der Waals surface area contributed by atoms with Crippen molar-refractivity contribution in [1.29, 1.82) is 0 Å². The zero-order chi connectivity index (χ0) is 11.4. The Kier molecular flexibility index (Phi) is 19.8. The van der Waals surface area contributed by atoms with Crippen molar-refractivity contribution in [3.63, 3.8) is 0 Å². The molecule has 0 rings (SSSR count). The van der Waals surface area contributed by atoms with Crippen molar-refractivity contribution in [2.75, 3.05) is 13.1 Å². The molecule has 0 aromatic heterocycles. The van der Waals surface area contributed by atoms with Gasteiger partial charge < -0.3 is 14.4 Å². The fourth-order valence-corrected chi connectivity index (χ4v) is 0.729. The summed E-state index contributed by atoms with van der Waals surface area (Å²) in [6.45, 7) is 6.86. The van der Waals surface area contributed by atoms with Crippen LogP contribution in [0.15, 0.2) is 0 Å². The molecule has 97 valence electrons. The second-order valence-electron chi connectivity index (χ2n) is 2.87. The Morgan fingerprint density at radius 1 is 1.00 bits per heavy atom. The summed E-state index contributed by atoms with van der Waals surface area (Å²) in [5.41, 5.74) is 0. The standard InChI is InChI=1S/C8H19N.Cu.H2O4S/c1-3-5-7-9-8-6-4-2;;1-5(2,3)4/h9H,3-8H2,1-2H3;;(H2,1,2,3,4)/q;+2;/p-2. The third-order valence-corrected chi connectivity index (χ3v) is 1.41. The SMILES string of the molecule is CCCCNCCCC.O=S(=O)([O-])[O-].[Cu+2]. The van der Waals surface area contributed by atoms with Gasteiger partial charge in [-0.05, 0) is 25.9 Å². The normalized spacial score (nSPS) is 9.87. The summed E-state index contributed by atoms with van der Waals surface area (Å²) >= 11 is 0. The molecule has 0 unspecified atom stereocenters. The molecule has 0 saturated heterocycles. The van der Waals surface area contributed by atoms with Crippen LogP contribution in [0.25, 0.3) is 0 Å². The first-order chi connectivity index (χ1) is 6.41. The van der Waals surface area contributed by atoms with Crippen LogP contribution in [0.3, 0.4) is 0 Å². The Morgan fingerprint density at radius 2 is 1.27 bits per heavy atom. The maximum atomic E-state index is 8.52. The summed E-state index contributed by atoms with van der Waals surface area (Å²) in [5, 5.41) is 3.39. The maximum Gasteiger partial charge on any atom is 2.00 e. The first-order valence-electron chi connectivity index (χ1n) is 4.79. The summed E-state index contributed by atoms with van der Waals surface area (Å²) in [6.07, 6.45) is 5.26. The van der Waals surface area contributed by atoms with Gasteiger partial charge in [0.05, 0.1) is 0 Å². The molecule has 0 aliphatic carbocycles. The molecule has 0 aliphatic heterocycles. The number of unbranched alkanes of at least 4 members (excludes halogenated alkanes) is 2. The molecule has 0 spiro atoms. The van der Waals surface area contributed by atoms with E-state index in [1.165, 1.54) is 38.8 Å². The molecule has 1 N–H and O–H groups in total. The van der Waals surface area contributed by atoms with Crippen LogP contribution < -0.4 is 5.32 Å². The van der Waals surface area contributed by atoms with Crippen LogP contribution in [0.5, 0.6) is 0 Å². The van der Waals surface area contributed by atoms with E-state index in [-0.39, 0.29) is 17.1 Å². The molecular formula is C8H19CuNO4S. The van der Waals surface area contributed by atoms with E-state index in [1.807, 2.05) is 0 Å². The molecule has 0 aromatic rings. The van der Waals surface area contributed by atoms with Gasteiger partial charge in [-0.1, -0.05) is 26.7 Å². The Morgan fingerprint density at radius 3 is 1.47 bits per heavy atom. The molecule has 0 saturated carbocycles. The van der Waals surface area contributed by atoms with Gasteiger partial charge in [-0.2, -0.15) is 0 Å². The minimum atomic E-state index is -5.17. The van der Waals surface area contributed by atoms with Gasteiger partial charge in [0.25, 0.3) is 0 Å². The van der Waals surface area contributed by atoms with Gasteiger partial charge in [0, 0.05) is 10.4 Å². The Bertz CT molecular complexity index is 183. The van der Waals surface area contributed by atoms with Crippen LogP contribution in [0.1, 0.15) is 39.5 Å². The van der Waals surface area contributed by atoms with Crippen LogP contribution in [-0.4, -0.2) is 30.6 Å². The molecule has 1 radical (unpaired) electrons. The first-order valence-corrected chi connectivity index (χ1v) is 6.12. The van der Waals surface area contributed by atoms with Crippen molar-refractivity contribution in [1.82, 2.24) is 5.32 Å². The van der Waals surface area contributed by atoms with Gasteiger partial charge in [0.15, 0.2) is 0 Å². The van der Waals surface area contributed by atoms with E-state index in [0.717, 1.165) is 0 Å². The fraction of sp³-hybridized carbons (Fsp3) is 1.00. The summed E-state index contributed by atoms with van der Waals surface area (Å²) in [6, 6.07) is 0. The predicted molar refractivity (Wildman–Crippen MR) is 53.2 cm³/mol. The van der Waals surface area contributed by atoms with Crippen LogP contribution >= 0.6 is 0 Å². The minimum absolute atomic E-state index is 0. The molecule has 0 aromatic carbocycles. The van der Waals surface area contributed by atoms with Gasteiger partial charge in [0.2, 0.25) is 0 Å². The molecule has 0 bridgehead atoms. The Labute approximate surface area is 103 Å². The van der Waals surface area contributed by atoms with E-state index >= 15 is 0 Å². The summed E-state index contributed by atoms with van der Waals surface area (Å²) in [7, 11) is -5.17. The van der Waals surface area contributed by atoms with Crippen molar-refractivity contribution >= 4 is 10.4 Å². The number of hydrogen-bond acceptors (Lipinski definition) is 5. The zero-order valence-corrected chi connectivity index (χ0v) is 10.8. The van der Waals surface area contributed by atoms with Crippen molar-refractivity contribution in [2.24, 2.45) is 0 Å². The van der Waals surface area contributed by atoms with Crippen LogP contribution in [0.2, 0.25) is 0 Å². The number of hydrogen-bond donors (Lipinski definition) is 1. The van der Waals surface area contributed by atoms with Gasteiger partial charge in [0.1, 0.15) is 0 Å². The third kappa shape index (κ3) is 54.3. The van der Waals surface area contributed by atoms with Gasteiger partial charge in [-0.3, -0.25) is 8.42 Å². The van der Waals surface area contributed by atoms with Crippen molar-refractivity contribution in [3.8, 4) is 0 Å². The van der Waals surface area contributed by atoms with Gasteiger partial charge >= 0.3 is 17.1 Å². The molecule has 5 nitrogen and oxygen atoms in total. The van der Waals surface area contributed by atoms with E-state index in [9.17, 15) is 0 Å². The Balaban J connectivity index is -0.000000208. The molecule has 0 amide bonds. The van der Waals surface area contributed by atoms with E-state index in [0.29, 0.717) is 0 Å². The van der Waals surface area contributed by atoms with Crippen molar-refractivity contribution < 1.29 is 34.6 Å². The molecule has 0 heterocycles. The first kappa shape index (κ1) is 20.7. The monoisotopic (exact) mass is 288 g/mol. The second-order valence-corrected chi connectivity index (χ2v) is 3.68. The van der Waals surface area contributed by atoms with E-state index in [1.54, 1.807) is 0 Å². The fourth-order valence-electron chi connectivity index (χ4n) is 0.729. The maximum absolute atomic E-state index is 8.52.